The molecule has 2 aliphatic heterocycles. The molecule has 1 N–H and O–H groups in total. The molecule has 0 atom stereocenters. The lowest BCUT2D eigenvalue weighted by molar-refractivity contribution is -0.148. The van der Waals surface area contributed by atoms with Crippen LogP contribution in [-0.2, 0) is 11.3 Å². The number of pyridine rings is 2. The summed E-state index contributed by atoms with van der Waals surface area (Å²) in [5, 5.41) is 14.3. The molecule has 4 aromatic heterocycles. The largest absolute Gasteiger partial charge is 0.381 e. The van der Waals surface area contributed by atoms with Crippen LogP contribution in [0.2, 0.25) is 0 Å². The van der Waals surface area contributed by atoms with Gasteiger partial charge < -0.3 is 14.9 Å². The zero-order chi connectivity index (χ0) is 27.3. The van der Waals surface area contributed by atoms with Crippen molar-refractivity contribution in [3.05, 3.63) is 54.7 Å². The first-order chi connectivity index (χ1) is 18.7. The Kier molecular flexibility index (Phi) is 5.98. The fourth-order valence-corrected chi connectivity index (χ4v) is 5.25. The fourth-order valence-electron chi connectivity index (χ4n) is 5.25. The Morgan fingerprint density at radius 2 is 1.82 bits per heavy atom. The maximum absolute atomic E-state index is 13.6. The van der Waals surface area contributed by atoms with Crippen LogP contribution in [-0.4, -0.2) is 88.3 Å². The van der Waals surface area contributed by atoms with E-state index in [9.17, 15) is 14.7 Å². The summed E-state index contributed by atoms with van der Waals surface area (Å²) in [6, 6.07) is 5.33. The third kappa shape index (κ3) is 4.46. The monoisotopic (exact) mass is 527 g/mol. The zero-order valence-corrected chi connectivity index (χ0v) is 22.0. The van der Waals surface area contributed by atoms with Crippen molar-refractivity contribution in [3.8, 4) is 17.2 Å². The summed E-state index contributed by atoms with van der Waals surface area (Å²) < 4.78 is 1.58. The number of likely N-dealkylation sites (tertiary alicyclic amines) is 1. The maximum atomic E-state index is 13.6. The van der Waals surface area contributed by atoms with E-state index < -0.39 is 5.60 Å². The van der Waals surface area contributed by atoms with E-state index >= 15 is 0 Å². The normalized spacial score (nSPS) is 16.6. The number of nitrogens with zero attached hydrogens (tertiary/aromatic N) is 9. The molecule has 0 spiro atoms. The molecule has 1 fully saturated rings. The Morgan fingerprint density at radius 3 is 2.49 bits per heavy atom. The summed E-state index contributed by atoms with van der Waals surface area (Å²) in [7, 11) is 1.78. The van der Waals surface area contributed by atoms with Gasteiger partial charge in [0.15, 0.2) is 0 Å². The molecule has 1 saturated heterocycles. The minimum absolute atomic E-state index is 0.110. The number of carbonyl (C=O) groups excluding carboxylic acids is 2. The van der Waals surface area contributed by atoms with Crippen molar-refractivity contribution < 1.29 is 14.7 Å². The quantitative estimate of drug-likeness (QED) is 0.428. The van der Waals surface area contributed by atoms with Gasteiger partial charge in [-0.1, -0.05) is 0 Å². The van der Waals surface area contributed by atoms with Crippen LogP contribution in [0.5, 0.6) is 0 Å². The van der Waals surface area contributed by atoms with Gasteiger partial charge in [0, 0.05) is 68.3 Å². The van der Waals surface area contributed by atoms with Gasteiger partial charge in [0.2, 0.25) is 5.95 Å². The standard InChI is InChI=1S/C27H29N9O3/c1-27(2,39)24(37)34-11-7-19(8-12-34)36-23-18(16-33(3)26(36)38)15-28-21-6-5-20(32-22(21)23)17-13-29-25(30-14-17)35-10-4-9-31-35/h4-6,9-10,13-15,19,39H,7-8,11-12,16H2,1-3H3. The van der Waals surface area contributed by atoms with Gasteiger partial charge in [0.1, 0.15) is 11.1 Å². The second kappa shape index (κ2) is 9.38. The van der Waals surface area contributed by atoms with E-state index in [-0.39, 0.29) is 18.0 Å². The highest BCUT2D eigenvalue weighted by atomic mass is 16.3. The molecule has 4 aromatic rings. The molecule has 6 heterocycles. The zero-order valence-electron chi connectivity index (χ0n) is 22.0. The SMILES string of the molecule is CN1Cc2cnc3ccc(-c4cnc(-n5cccn5)nc4)nc3c2N(C2CCN(C(=O)C(C)(C)O)CC2)C1=O. The molecule has 0 bridgehead atoms. The third-order valence-corrected chi connectivity index (χ3v) is 7.23. The Bertz CT molecular complexity index is 1540. The van der Waals surface area contributed by atoms with Crippen LogP contribution in [0.25, 0.3) is 28.2 Å². The van der Waals surface area contributed by atoms with Crippen molar-refractivity contribution in [3.63, 3.8) is 0 Å². The maximum Gasteiger partial charge on any atom is 0.324 e. The summed E-state index contributed by atoms with van der Waals surface area (Å²) >= 11 is 0. The lowest BCUT2D eigenvalue weighted by atomic mass is 9.98. The lowest BCUT2D eigenvalue weighted by Gasteiger charge is -2.43. The van der Waals surface area contributed by atoms with E-state index in [1.54, 1.807) is 52.4 Å². The number of aliphatic hydroxyl groups is 1. The molecule has 6 rings (SSSR count). The molecule has 0 saturated carbocycles. The number of aromatic nitrogens is 6. The van der Waals surface area contributed by atoms with Crippen LogP contribution in [0.15, 0.2) is 49.2 Å². The average molecular weight is 528 g/mol. The number of urea groups is 1. The van der Waals surface area contributed by atoms with Gasteiger partial charge in [-0.05, 0) is 44.9 Å². The molecule has 0 unspecified atom stereocenters. The summed E-state index contributed by atoms with van der Waals surface area (Å²) in [5.74, 6) is 0.156. The molecule has 0 aliphatic carbocycles. The number of carbonyl (C=O) groups is 2. The van der Waals surface area contributed by atoms with Crippen molar-refractivity contribution in [1.29, 1.82) is 0 Å². The van der Waals surface area contributed by atoms with Crippen molar-refractivity contribution in [2.24, 2.45) is 0 Å². The second-order valence-corrected chi connectivity index (χ2v) is 10.5. The van der Waals surface area contributed by atoms with Gasteiger partial charge in [0.05, 0.1) is 23.4 Å². The van der Waals surface area contributed by atoms with Crippen LogP contribution in [0, 0.1) is 0 Å². The third-order valence-electron chi connectivity index (χ3n) is 7.23. The van der Waals surface area contributed by atoms with Gasteiger partial charge in [-0.2, -0.15) is 5.10 Å². The van der Waals surface area contributed by atoms with E-state index in [1.165, 1.54) is 13.8 Å². The van der Waals surface area contributed by atoms with Gasteiger partial charge >= 0.3 is 6.03 Å². The van der Waals surface area contributed by atoms with Gasteiger partial charge in [0.25, 0.3) is 5.91 Å². The summed E-state index contributed by atoms with van der Waals surface area (Å²) in [6.07, 6.45) is 9.83. The van der Waals surface area contributed by atoms with E-state index in [4.69, 9.17) is 4.98 Å². The Morgan fingerprint density at radius 1 is 1.08 bits per heavy atom. The van der Waals surface area contributed by atoms with Crippen LogP contribution >= 0.6 is 0 Å². The first-order valence-corrected chi connectivity index (χ1v) is 12.9. The predicted octanol–water partition coefficient (Wildman–Crippen LogP) is 2.41. The smallest absolute Gasteiger partial charge is 0.324 e. The minimum Gasteiger partial charge on any atom is -0.381 e. The first-order valence-electron chi connectivity index (χ1n) is 12.9. The van der Waals surface area contributed by atoms with Gasteiger partial charge in [-0.25, -0.2) is 24.4 Å². The van der Waals surface area contributed by atoms with Crippen molar-refractivity contribution in [2.75, 3.05) is 25.0 Å². The highest BCUT2D eigenvalue weighted by Gasteiger charge is 2.39. The van der Waals surface area contributed by atoms with Crippen molar-refractivity contribution in [1.82, 2.24) is 39.5 Å². The lowest BCUT2D eigenvalue weighted by Crippen LogP contribution is -2.56. The molecule has 0 aromatic carbocycles. The van der Waals surface area contributed by atoms with Gasteiger partial charge in [-0.3, -0.25) is 14.7 Å². The van der Waals surface area contributed by atoms with Crippen LogP contribution in [0.3, 0.4) is 0 Å². The molecule has 2 aliphatic rings. The molecule has 12 heteroatoms. The molecule has 12 nitrogen and oxygen atoms in total. The topological polar surface area (TPSA) is 133 Å². The van der Waals surface area contributed by atoms with Crippen molar-refractivity contribution in [2.45, 2.75) is 44.9 Å². The van der Waals surface area contributed by atoms with E-state index in [0.717, 1.165) is 16.8 Å². The molecule has 200 valence electrons. The molecular formula is C27H29N9O3. The summed E-state index contributed by atoms with van der Waals surface area (Å²) in [6.45, 7) is 4.34. The highest BCUT2D eigenvalue weighted by Crippen LogP contribution is 2.38. The number of hydrogen-bond donors (Lipinski definition) is 1. The van der Waals surface area contributed by atoms with Gasteiger partial charge in [-0.15, -0.1) is 0 Å². The van der Waals surface area contributed by atoms with Crippen LogP contribution in [0.1, 0.15) is 32.3 Å². The molecular weight excluding hydrogens is 498 g/mol. The minimum atomic E-state index is -1.43. The average Bonchev–Trinajstić information content (AvgIpc) is 3.48. The fraction of sp³-hybridized carbons (Fsp3) is 0.370. The second-order valence-electron chi connectivity index (χ2n) is 10.5. The number of fused-ring (bicyclic) bond motifs is 3. The Balaban J connectivity index is 1.36. The molecule has 3 amide bonds. The number of hydrogen-bond acceptors (Lipinski definition) is 8. The van der Waals surface area contributed by atoms with E-state index in [2.05, 4.69) is 20.1 Å². The summed E-state index contributed by atoms with van der Waals surface area (Å²) in [4.78, 5) is 49.8. The number of amides is 3. The summed E-state index contributed by atoms with van der Waals surface area (Å²) in [5.41, 5.74) is 2.96. The Labute approximate surface area is 224 Å². The predicted molar refractivity (Wildman–Crippen MR) is 143 cm³/mol. The van der Waals surface area contributed by atoms with Crippen molar-refractivity contribution >= 4 is 28.7 Å². The number of piperidine rings is 1. The van der Waals surface area contributed by atoms with Crippen LogP contribution in [0.4, 0.5) is 10.5 Å². The highest BCUT2D eigenvalue weighted by molar-refractivity contribution is 6.04. The number of anilines is 1. The van der Waals surface area contributed by atoms with E-state index in [0.29, 0.717) is 55.2 Å². The number of rotatable bonds is 4. The molecule has 0 radical (unpaired) electrons. The van der Waals surface area contributed by atoms with E-state index in [1.807, 2.05) is 23.2 Å². The Hall–Kier alpha value is -4.45. The van der Waals surface area contributed by atoms with Crippen LogP contribution < -0.4 is 4.90 Å². The molecule has 39 heavy (non-hydrogen) atoms. The first kappa shape index (κ1) is 24.9.